The summed E-state index contributed by atoms with van der Waals surface area (Å²) in [5.41, 5.74) is 1.81. The van der Waals surface area contributed by atoms with E-state index in [0.29, 0.717) is 11.5 Å². The highest BCUT2D eigenvalue weighted by Crippen LogP contribution is 2.28. The number of nitrogens with one attached hydrogen (secondary N) is 1. The Hall–Kier alpha value is -3.00. The molecule has 0 unspecified atom stereocenters. The minimum absolute atomic E-state index is 0.236. The number of hydrogen-bond acceptors (Lipinski definition) is 8. The fraction of sp³-hybridized carbons (Fsp3) is 0.125. The van der Waals surface area contributed by atoms with E-state index in [4.69, 9.17) is 9.47 Å². The van der Waals surface area contributed by atoms with Crippen molar-refractivity contribution in [1.82, 2.24) is 9.97 Å². The lowest BCUT2D eigenvalue weighted by Gasteiger charge is -2.10. The average molecular weight is 343 g/mol. The largest absolute Gasteiger partial charge is 0.465 e. The maximum atomic E-state index is 11.8. The van der Waals surface area contributed by atoms with Crippen LogP contribution in [0.1, 0.15) is 20.7 Å². The SMILES string of the molecule is COC(=O)c1cc(Nc2ncnc3ccsc23)cc(C(=O)OC)c1. The number of carbonyl (C=O) groups excluding carboxylic acids is 2. The number of hydrogen-bond donors (Lipinski definition) is 1. The molecule has 8 heteroatoms. The molecule has 3 rings (SSSR count). The van der Waals surface area contributed by atoms with Gasteiger partial charge < -0.3 is 14.8 Å². The maximum Gasteiger partial charge on any atom is 0.337 e. The van der Waals surface area contributed by atoms with Gasteiger partial charge >= 0.3 is 11.9 Å². The van der Waals surface area contributed by atoms with E-state index in [1.165, 1.54) is 38.0 Å². The number of esters is 2. The molecule has 0 aliphatic carbocycles. The van der Waals surface area contributed by atoms with Crippen LogP contribution in [0.2, 0.25) is 0 Å². The molecule has 0 radical (unpaired) electrons. The molecule has 0 saturated heterocycles. The monoisotopic (exact) mass is 343 g/mol. The molecule has 0 amide bonds. The molecule has 0 spiro atoms. The third-order valence-corrected chi connectivity index (χ3v) is 4.19. The predicted molar refractivity (Wildman–Crippen MR) is 89.8 cm³/mol. The van der Waals surface area contributed by atoms with Crippen molar-refractivity contribution in [3.05, 3.63) is 47.1 Å². The quantitative estimate of drug-likeness (QED) is 0.728. The number of aromatic nitrogens is 2. The second-order valence-electron chi connectivity index (χ2n) is 4.76. The van der Waals surface area contributed by atoms with E-state index in [-0.39, 0.29) is 11.1 Å². The van der Waals surface area contributed by atoms with Crippen LogP contribution in [0, 0.1) is 0 Å². The van der Waals surface area contributed by atoms with Crippen LogP contribution >= 0.6 is 11.3 Å². The Bertz CT molecular complexity index is 888. The minimum atomic E-state index is -0.548. The summed E-state index contributed by atoms with van der Waals surface area (Å²) in [6, 6.07) is 6.47. The number of methoxy groups -OCH3 is 2. The molecule has 1 N–H and O–H groups in total. The Kier molecular flexibility index (Phi) is 4.39. The van der Waals surface area contributed by atoms with Gasteiger partial charge in [0.2, 0.25) is 0 Å². The number of fused-ring (bicyclic) bond motifs is 1. The Morgan fingerprint density at radius 2 is 1.71 bits per heavy atom. The normalized spacial score (nSPS) is 10.4. The predicted octanol–water partition coefficient (Wildman–Crippen LogP) is 3.01. The summed E-state index contributed by atoms with van der Waals surface area (Å²) in [6.45, 7) is 0. The highest BCUT2D eigenvalue weighted by atomic mass is 32.1. The first kappa shape index (κ1) is 15.9. The Morgan fingerprint density at radius 1 is 1.04 bits per heavy atom. The van der Waals surface area contributed by atoms with Crippen molar-refractivity contribution >= 4 is 45.0 Å². The van der Waals surface area contributed by atoms with Gasteiger partial charge in [0, 0.05) is 5.69 Å². The zero-order chi connectivity index (χ0) is 17.1. The molecule has 0 fully saturated rings. The maximum absolute atomic E-state index is 11.8. The zero-order valence-electron chi connectivity index (χ0n) is 12.9. The summed E-state index contributed by atoms with van der Waals surface area (Å²) >= 11 is 1.49. The molecule has 122 valence electrons. The molecule has 0 atom stereocenters. The molecule has 0 bridgehead atoms. The molecule has 2 heterocycles. The van der Waals surface area contributed by atoms with E-state index in [9.17, 15) is 9.59 Å². The van der Waals surface area contributed by atoms with Crippen molar-refractivity contribution in [2.75, 3.05) is 19.5 Å². The van der Waals surface area contributed by atoms with Crippen LogP contribution in [0.25, 0.3) is 10.2 Å². The number of ether oxygens (including phenoxy) is 2. The summed E-state index contributed by atoms with van der Waals surface area (Å²) in [4.78, 5) is 32.0. The van der Waals surface area contributed by atoms with Gasteiger partial charge in [-0.2, -0.15) is 0 Å². The van der Waals surface area contributed by atoms with Crippen LogP contribution in [0.15, 0.2) is 36.0 Å². The lowest BCUT2D eigenvalue weighted by Crippen LogP contribution is -2.08. The van der Waals surface area contributed by atoms with Gasteiger partial charge in [0.25, 0.3) is 0 Å². The number of anilines is 2. The number of carbonyl (C=O) groups is 2. The van der Waals surface area contributed by atoms with Gasteiger partial charge in [-0.1, -0.05) is 0 Å². The Morgan fingerprint density at radius 3 is 2.33 bits per heavy atom. The lowest BCUT2D eigenvalue weighted by atomic mass is 10.1. The molecule has 7 nitrogen and oxygen atoms in total. The van der Waals surface area contributed by atoms with Crippen molar-refractivity contribution in [3.8, 4) is 0 Å². The Balaban J connectivity index is 2.04. The molecule has 1 aromatic carbocycles. The van der Waals surface area contributed by atoms with Crippen molar-refractivity contribution < 1.29 is 19.1 Å². The van der Waals surface area contributed by atoms with Gasteiger partial charge in [-0.15, -0.1) is 11.3 Å². The van der Waals surface area contributed by atoms with E-state index in [0.717, 1.165) is 10.2 Å². The Labute approximate surface area is 141 Å². The molecule has 0 aliphatic heterocycles. The van der Waals surface area contributed by atoms with Crippen molar-refractivity contribution in [2.45, 2.75) is 0 Å². The minimum Gasteiger partial charge on any atom is -0.465 e. The van der Waals surface area contributed by atoms with Gasteiger partial charge in [0.1, 0.15) is 6.33 Å². The van der Waals surface area contributed by atoms with Gasteiger partial charge in [-0.25, -0.2) is 19.6 Å². The standard InChI is InChI=1S/C16H13N3O4S/c1-22-15(20)9-5-10(16(21)23-2)7-11(6-9)19-14-13-12(3-4-24-13)17-8-18-14/h3-8H,1-2H3,(H,17,18,19). The van der Waals surface area contributed by atoms with Crippen LogP contribution in [-0.4, -0.2) is 36.1 Å². The van der Waals surface area contributed by atoms with E-state index < -0.39 is 11.9 Å². The first-order valence-corrected chi connectivity index (χ1v) is 7.77. The van der Waals surface area contributed by atoms with Crippen LogP contribution in [0.4, 0.5) is 11.5 Å². The van der Waals surface area contributed by atoms with Crippen LogP contribution in [-0.2, 0) is 9.47 Å². The molecule has 0 aliphatic rings. The number of rotatable bonds is 4. The molecule has 24 heavy (non-hydrogen) atoms. The van der Waals surface area contributed by atoms with Gasteiger partial charge in [0.15, 0.2) is 5.82 Å². The highest BCUT2D eigenvalue weighted by molar-refractivity contribution is 7.17. The first-order valence-electron chi connectivity index (χ1n) is 6.89. The molecular formula is C16H13N3O4S. The highest BCUT2D eigenvalue weighted by Gasteiger charge is 2.15. The third-order valence-electron chi connectivity index (χ3n) is 3.28. The van der Waals surface area contributed by atoms with Crippen LogP contribution < -0.4 is 5.32 Å². The summed E-state index contributed by atoms with van der Waals surface area (Å²) in [7, 11) is 2.56. The van der Waals surface area contributed by atoms with Crippen LogP contribution in [0.5, 0.6) is 0 Å². The number of thiophene rings is 1. The van der Waals surface area contributed by atoms with Crippen LogP contribution in [0.3, 0.4) is 0 Å². The number of nitrogens with zero attached hydrogens (tertiary/aromatic N) is 2. The van der Waals surface area contributed by atoms with Crippen molar-refractivity contribution in [3.63, 3.8) is 0 Å². The topological polar surface area (TPSA) is 90.4 Å². The van der Waals surface area contributed by atoms with E-state index in [1.807, 2.05) is 11.4 Å². The molecular weight excluding hydrogens is 330 g/mol. The molecule has 3 aromatic rings. The summed E-state index contributed by atoms with van der Waals surface area (Å²) in [5.74, 6) is -0.506. The lowest BCUT2D eigenvalue weighted by molar-refractivity contribution is 0.0599. The van der Waals surface area contributed by atoms with Crippen molar-refractivity contribution in [1.29, 1.82) is 0 Å². The van der Waals surface area contributed by atoms with E-state index in [2.05, 4.69) is 15.3 Å². The summed E-state index contributed by atoms with van der Waals surface area (Å²) < 4.78 is 10.3. The van der Waals surface area contributed by atoms with Gasteiger partial charge in [-0.05, 0) is 29.6 Å². The smallest absolute Gasteiger partial charge is 0.337 e. The van der Waals surface area contributed by atoms with E-state index >= 15 is 0 Å². The van der Waals surface area contributed by atoms with E-state index in [1.54, 1.807) is 12.1 Å². The zero-order valence-corrected chi connectivity index (χ0v) is 13.7. The first-order chi connectivity index (χ1) is 11.6. The summed E-state index contributed by atoms with van der Waals surface area (Å²) in [5, 5.41) is 5.03. The van der Waals surface area contributed by atoms with Crippen molar-refractivity contribution in [2.24, 2.45) is 0 Å². The number of benzene rings is 1. The molecule has 0 saturated carbocycles. The fourth-order valence-electron chi connectivity index (χ4n) is 2.19. The fourth-order valence-corrected chi connectivity index (χ4v) is 2.98. The second-order valence-corrected chi connectivity index (χ2v) is 5.68. The second kappa shape index (κ2) is 6.63. The summed E-state index contributed by atoms with van der Waals surface area (Å²) in [6.07, 6.45) is 1.45. The molecule has 2 aromatic heterocycles. The third kappa shape index (κ3) is 3.04. The van der Waals surface area contributed by atoms with Gasteiger partial charge in [0.05, 0.1) is 35.6 Å². The van der Waals surface area contributed by atoms with Gasteiger partial charge in [-0.3, -0.25) is 0 Å². The average Bonchev–Trinajstić information content (AvgIpc) is 3.09.